The van der Waals surface area contributed by atoms with E-state index in [1.807, 2.05) is 0 Å². The first kappa shape index (κ1) is 15.9. The van der Waals surface area contributed by atoms with Gasteiger partial charge in [-0.05, 0) is 43.2 Å². The van der Waals surface area contributed by atoms with Crippen LogP contribution in [0.15, 0.2) is 12.1 Å². The van der Waals surface area contributed by atoms with Crippen LogP contribution in [0.4, 0.5) is 8.78 Å². The molecular formula is C16H21F2NO2. The minimum absolute atomic E-state index is 0.116. The third-order valence-corrected chi connectivity index (χ3v) is 4.32. The van der Waals surface area contributed by atoms with Crippen molar-refractivity contribution in [2.75, 3.05) is 13.2 Å². The third-order valence-electron chi connectivity index (χ3n) is 4.32. The van der Waals surface area contributed by atoms with Crippen LogP contribution in [0, 0.1) is 30.4 Å². The smallest absolute Gasteiger partial charge is 0.254 e. The molecule has 1 aromatic carbocycles. The zero-order chi connectivity index (χ0) is 15.4. The van der Waals surface area contributed by atoms with Crippen molar-refractivity contribution in [1.29, 1.82) is 0 Å². The van der Waals surface area contributed by atoms with Crippen LogP contribution in [0.25, 0.3) is 0 Å². The molecular weight excluding hydrogens is 276 g/mol. The van der Waals surface area contributed by atoms with Crippen molar-refractivity contribution in [1.82, 2.24) is 5.32 Å². The Morgan fingerprint density at radius 3 is 2.57 bits per heavy atom. The molecule has 5 heteroatoms. The number of aryl methyl sites for hydroxylation is 1. The summed E-state index contributed by atoms with van der Waals surface area (Å²) in [6.07, 6.45) is 4.10. The lowest BCUT2D eigenvalue weighted by molar-refractivity contribution is 0.0905. The van der Waals surface area contributed by atoms with Crippen LogP contribution >= 0.6 is 0 Å². The minimum Gasteiger partial charge on any atom is -0.396 e. The molecule has 0 radical (unpaired) electrons. The Morgan fingerprint density at radius 1 is 1.24 bits per heavy atom. The summed E-state index contributed by atoms with van der Waals surface area (Å²) in [7, 11) is 0. The molecule has 3 nitrogen and oxygen atoms in total. The highest BCUT2D eigenvalue weighted by Gasteiger charge is 2.25. The summed E-state index contributed by atoms with van der Waals surface area (Å²) < 4.78 is 26.8. The van der Waals surface area contributed by atoms with Crippen molar-refractivity contribution in [2.45, 2.75) is 32.6 Å². The van der Waals surface area contributed by atoms with Crippen molar-refractivity contribution in [3.05, 3.63) is 34.9 Å². The zero-order valence-corrected chi connectivity index (χ0v) is 12.2. The highest BCUT2D eigenvalue weighted by molar-refractivity contribution is 5.94. The van der Waals surface area contributed by atoms with Gasteiger partial charge in [0.05, 0.1) is 5.56 Å². The maximum absolute atomic E-state index is 13.6. The second-order valence-electron chi connectivity index (χ2n) is 5.78. The molecule has 1 amide bonds. The number of aliphatic hydroxyl groups excluding tert-OH is 1. The first-order valence-electron chi connectivity index (χ1n) is 7.37. The lowest BCUT2D eigenvalue weighted by Crippen LogP contribution is -2.35. The molecule has 1 saturated carbocycles. The van der Waals surface area contributed by atoms with Crippen molar-refractivity contribution in [2.24, 2.45) is 11.8 Å². The highest BCUT2D eigenvalue weighted by Crippen LogP contribution is 2.29. The first-order chi connectivity index (χ1) is 10.0. The fourth-order valence-corrected chi connectivity index (χ4v) is 2.94. The van der Waals surface area contributed by atoms with Gasteiger partial charge in [-0.1, -0.05) is 12.8 Å². The third kappa shape index (κ3) is 3.79. The van der Waals surface area contributed by atoms with Crippen molar-refractivity contribution in [3.63, 3.8) is 0 Å². The van der Waals surface area contributed by atoms with Crippen LogP contribution in [-0.4, -0.2) is 24.2 Å². The summed E-state index contributed by atoms with van der Waals surface area (Å²) in [5.74, 6) is -1.62. The standard InChI is InChI=1S/C16H21F2NO2/c1-10-6-13(15(18)7-14(10)17)16(21)19-8-11-4-2-3-5-12(11)9-20/h6-7,11-12,20H,2-5,8-9H2,1H3,(H,19,21). The van der Waals surface area contributed by atoms with E-state index in [9.17, 15) is 18.7 Å². The molecule has 1 aromatic rings. The van der Waals surface area contributed by atoms with Crippen molar-refractivity contribution in [3.8, 4) is 0 Å². The molecule has 0 aromatic heterocycles. The molecule has 0 spiro atoms. The lowest BCUT2D eigenvalue weighted by atomic mass is 9.79. The highest BCUT2D eigenvalue weighted by atomic mass is 19.1. The minimum atomic E-state index is -0.849. The number of rotatable bonds is 4. The number of carbonyl (C=O) groups is 1. The van der Waals surface area contributed by atoms with Gasteiger partial charge in [-0.3, -0.25) is 4.79 Å². The van der Waals surface area contributed by atoms with Crippen LogP contribution in [0.1, 0.15) is 41.6 Å². The van der Waals surface area contributed by atoms with E-state index < -0.39 is 17.5 Å². The Kier molecular flexibility index (Phi) is 5.28. The fourth-order valence-electron chi connectivity index (χ4n) is 2.94. The molecule has 2 unspecified atom stereocenters. The van der Waals surface area contributed by atoms with Crippen LogP contribution in [0.5, 0.6) is 0 Å². The van der Waals surface area contributed by atoms with E-state index >= 15 is 0 Å². The molecule has 21 heavy (non-hydrogen) atoms. The number of hydrogen-bond donors (Lipinski definition) is 2. The Hall–Kier alpha value is -1.49. The molecule has 0 aliphatic heterocycles. The summed E-state index contributed by atoms with van der Waals surface area (Å²) in [6, 6.07) is 1.96. The van der Waals surface area contributed by atoms with E-state index in [4.69, 9.17) is 0 Å². The number of halogens is 2. The quantitative estimate of drug-likeness (QED) is 0.898. The van der Waals surface area contributed by atoms with Gasteiger partial charge in [-0.25, -0.2) is 8.78 Å². The summed E-state index contributed by atoms with van der Waals surface area (Å²) in [4.78, 5) is 12.0. The topological polar surface area (TPSA) is 49.3 Å². The molecule has 2 atom stereocenters. The summed E-state index contributed by atoms with van der Waals surface area (Å²) in [6.45, 7) is 2.03. The predicted molar refractivity (Wildman–Crippen MR) is 76.0 cm³/mol. The molecule has 116 valence electrons. The van der Waals surface area contributed by atoms with Gasteiger partial charge in [0.15, 0.2) is 0 Å². The molecule has 1 aliphatic rings. The number of amides is 1. The van der Waals surface area contributed by atoms with E-state index in [-0.39, 0.29) is 29.6 Å². The average Bonchev–Trinajstić information content (AvgIpc) is 2.48. The SMILES string of the molecule is Cc1cc(C(=O)NCC2CCCCC2CO)c(F)cc1F. The molecule has 1 fully saturated rings. The predicted octanol–water partition coefficient (Wildman–Crippen LogP) is 2.80. The molecule has 1 aliphatic carbocycles. The average molecular weight is 297 g/mol. The van der Waals surface area contributed by atoms with Gasteiger partial charge in [0.2, 0.25) is 0 Å². The van der Waals surface area contributed by atoms with Crippen molar-refractivity contribution >= 4 is 5.91 Å². The summed E-state index contributed by atoms with van der Waals surface area (Å²) in [5, 5.41) is 12.0. The fraction of sp³-hybridized carbons (Fsp3) is 0.562. The molecule has 0 bridgehead atoms. The van der Waals surface area contributed by atoms with Gasteiger partial charge < -0.3 is 10.4 Å². The van der Waals surface area contributed by atoms with E-state index in [0.717, 1.165) is 31.7 Å². The van der Waals surface area contributed by atoms with Gasteiger partial charge >= 0.3 is 0 Å². The van der Waals surface area contributed by atoms with Gasteiger partial charge in [-0.15, -0.1) is 0 Å². The molecule has 0 saturated heterocycles. The van der Waals surface area contributed by atoms with E-state index in [2.05, 4.69) is 5.32 Å². The second-order valence-corrected chi connectivity index (χ2v) is 5.78. The van der Waals surface area contributed by atoms with Crippen LogP contribution < -0.4 is 5.32 Å². The van der Waals surface area contributed by atoms with Crippen molar-refractivity contribution < 1.29 is 18.7 Å². The van der Waals surface area contributed by atoms with Crippen LogP contribution in [0.3, 0.4) is 0 Å². The van der Waals surface area contributed by atoms with Crippen LogP contribution in [-0.2, 0) is 0 Å². The molecule has 2 N–H and O–H groups in total. The summed E-state index contributed by atoms with van der Waals surface area (Å²) >= 11 is 0. The van der Waals surface area contributed by atoms with E-state index in [1.54, 1.807) is 0 Å². The number of benzene rings is 1. The van der Waals surface area contributed by atoms with Crippen LogP contribution in [0.2, 0.25) is 0 Å². The number of carbonyl (C=O) groups excluding carboxylic acids is 1. The van der Waals surface area contributed by atoms with Gasteiger partial charge in [0.1, 0.15) is 11.6 Å². The lowest BCUT2D eigenvalue weighted by Gasteiger charge is -2.30. The van der Waals surface area contributed by atoms with Gasteiger partial charge in [0, 0.05) is 19.2 Å². The maximum atomic E-state index is 13.6. The second kappa shape index (κ2) is 6.98. The van der Waals surface area contributed by atoms with E-state index in [1.165, 1.54) is 13.0 Å². The Labute approximate surface area is 123 Å². The Morgan fingerprint density at radius 2 is 1.90 bits per heavy atom. The normalized spacial score (nSPS) is 22.1. The van der Waals surface area contributed by atoms with Gasteiger partial charge in [0.25, 0.3) is 5.91 Å². The number of aliphatic hydroxyl groups is 1. The van der Waals surface area contributed by atoms with E-state index in [0.29, 0.717) is 6.54 Å². The Bertz CT molecular complexity index is 519. The summed E-state index contributed by atoms with van der Waals surface area (Å²) in [5.41, 5.74) is 0.109. The monoisotopic (exact) mass is 297 g/mol. The maximum Gasteiger partial charge on any atom is 0.254 e. The van der Waals surface area contributed by atoms with Gasteiger partial charge in [-0.2, -0.15) is 0 Å². The number of hydrogen-bond acceptors (Lipinski definition) is 2. The first-order valence-corrected chi connectivity index (χ1v) is 7.37. The molecule has 2 rings (SSSR count). The molecule has 0 heterocycles. The number of nitrogens with one attached hydrogen (secondary N) is 1. The Balaban J connectivity index is 2.00. The largest absolute Gasteiger partial charge is 0.396 e. The zero-order valence-electron chi connectivity index (χ0n) is 12.2.